The van der Waals surface area contributed by atoms with Crippen LogP contribution in [-0.2, 0) is 0 Å². The lowest BCUT2D eigenvalue weighted by Crippen LogP contribution is -2.33. The van der Waals surface area contributed by atoms with E-state index in [0.29, 0.717) is 6.04 Å². The van der Waals surface area contributed by atoms with Gasteiger partial charge in [0.25, 0.3) is 0 Å². The summed E-state index contributed by atoms with van der Waals surface area (Å²) >= 11 is 9.63. The van der Waals surface area contributed by atoms with Crippen molar-refractivity contribution in [2.75, 3.05) is 5.32 Å². The van der Waals surface area contributed by atoms with Crippen LogP contribution in [0.25, 0.3) is 0 Å². The number of anilines is 1. The van der Waals surface area contributed by atoms with Crippen LogP contribution in [0.3, 0.4) is 0 Å². The highest BCUT2D eigenvalue weighted by molar-refractivity contribution is 9.10. The van der Waals surface area contributed by atoms with E-state index in [1.807, 2.05) is 12.1 Å². The van der Waals surface area contributed by atoms with Gasteiger partial charge in [-0.3, -0.25) is 0 Å². The van der Waals surface area contributed by atoms with E-state index in [9.17, 15) is 0 Å². The third-order valence-corrected chi connectivity index (χ3v) is 6.59. The average Bonchev–Trinajstić information content (AvgIpc) is 3.04. The van der Waals surface area contributed by atoms with E-state index >= 15 is 0 Å². The second-order valence-corrected chi connectivity index (χ2v) is 7.82. The van der Waals surface area contributed by atoms with Crippen molar-refractivity contribution in [1.82, 2.24) is 0 Å². The Morgan fingerprint density at radius 1 is 1.11 bits per heavy atom. The maximum absolute atomic E-state index is 6.01. The van der Waals surface area contributed by atoms with Gasteiger partial charge < -0.3 is 5.32 Å². The molecular formula is C16H19BrClN. The van der Waals surface area contributed by atoms with Crippen LogP contribution in [-0.4, -0.2) is 6.04 Å². The minimum Gasteiger partial charge on any atom is -0.381 e. The Morgan fingerprint density at radius 3 is 2.79 bits per heavy atom. The van der Waals surface area contributed by atoms with Crippen molar-refractivity contribution in [3.63, 3.8) is 0 Å². The van der Waals surface area contributed by atoms with Gasteiger partial charge in [0.05, 0.1) is 0 Å². The summed E-state index contributed by atoms with van der Waals surface area (Å²) in [7, 11) is 0. The first kappa shape index (κ1) is 12.5. The standard InChI is InChI=1S/C16H19BrClN/c17-14-8-10(18)4-5-15(14)19-16-7-9-6-13(16)12-3-1-2-11(9)12/h4-5,8-9,11-13,16,19H,1-3,6-7H2. The molecule has 2 bridgehead atoms. The molecule has 0 radical (unpaired) electrons. The highest BCUT2D eigenvalue weighted by Crippen LogP contribution is 2.59. The molecule has 3 aliphatic carbocycles. The molecule has 0 saturated heterocycles. The van der Waals surface area contributed by atoms with Crippen molar-refractivity contribution in [1.29, 1.82) is 0 Å². The van der Waals surface area contributed by atoms with Crippen molar-refractivity contribution in [2.24, 2.45) is 23.7 Å². The molecule has 0 spiro atoms. The third-order valence-electron chi connectivity index (χ3n) is 5.70. The van der Waals surface area contributed by atoms with Crippen LogP contribution in [0, 0.1) is 23.7 Å². The Balaban J connectivity index is 1.52. The highest BCUT2D eigenvalue weighted by atomic mass is 79.9. The SMILES string of the molecule is Clc1ccc(NC2CC3CC2C2CCCC32)c(Br)c1. The lowest BCUT2D eigenvalue weighted by Gasteiger charge is -2.33. The van der Waals surface area contributed by atoms with Crippen LogP contribution in [0.2, 0.25) is 5.02 Å². The number of hydrogen-bond acceptors (Lipinski definition) is 1. The van der Waals surface area contributed by atoms with Gasteiger partial charge in [-0.05, 0) is 83.5 Å². The summed E-state index contributed by atoms with van der Waals surface area (Å²) in [6, 6.07) is 6.74. The molecule has 0 aliphatic heterocycles. The van der Waals surface area contributed by atoms with Crippen LogP contribution in [0.1, 0.15) is 32.1 Å². The minimum absolute atomic E-state index is 0.682. The van der Waals surface area contributed by atoms with Crippen LogP contribution in [0.4, 0.5) is 5.69 Å². The summed E-state index contributed by atoms with van der Waals surface area (Å²) in [6.45, 7) is 0. The van der Waals surface area contributed by atoms with Gasteiger partial charge in [0.15, 0.2) is 0 Å². The van der Waals surface area contributed by atoms with Crippen molar-refractivity contribution < 1.29 is 0 Å². The monoisotopic (exact) mass is 339 g/mol. The zero-order valence-electron chi connectivity index (χ0n) is 10.9. The zero-order chi connectivity index (χ0) is 13.0. The van der Waals surface area contributed by atoms with Crippen LogP contribution >= 0.6 is 27.5 Å². The molecule has 3 aliphatic rings. The maximum atomic E-state index is 6.01. The smallest absolute Gasteiger partial charge is 0.0487 e. The summed E-state index contributed by atoms with van der Waals surface area (Å²) in [4.78, 5) is 0. The first-order chi connectivity index (χ1) is 9.22. The van der Waals surface area contributed by atoms with Crippen LogP contribution < -0.4 is 5.32 Å². The summed E-state index contributed by atoms with van der Waals surface area (Å²) in [5.74, 6) is 4.00. The molecular weight excluding hydrogens is 322 g/mol. The van der Waals surface area contributed by atoms with Gasteiger partial charge in [0.2, 0.25) is 0 Å². The predicted molar refractivity (Wildman–Crippen MR) is 83.6 cm³/mol. The number of benzene rings is 1. The lowest BCUT2D eigenvalue weighted by molar-refractivity contribution is 0.243. The fourth-order valence-corrected chi connectivity index (χ4v) is 5.84. The van der Waals surface area contributed by atoms with E-state index in [1.54, 1.807) is 0 Å². The molecule has 3 fully saturated rings. The molecule has 102 valence electrons. The Hall–Kier alpha value is -0.210. The van der Waals surface area contributed by atoms with Crippen molar-refractivity contribution in [3.05, 3.63) is 27.7 Å². The fraction of sp³-hybridized carbons (Fsp3) is 0.625. The molecule has 1 N–H and O–H groups in total. The zero-order valence-corrected chi connectivity index (χ0v) is 13.3. The third kappa shape index (κ3) is 2.03. The van der Waals surface area contributed by atoms with Gasteiger partial charge in [-0.15, -0.1) is 0 Å². The number of halogens is 2. The molecule has 1 aromatic rings. The molecule has 0 heterocycles. The molecule has 3 saturated carbocycles. The lowest BCUT2D eigenvalue weighted by atomic mass is 9.79. The van der Waals surface area contributed by atoms with Crippen LogP contribution in [0.5, 0.6) is 0 Å². The summed E-state index contributed by atoms with van der Waals surface area (Å²) < 4.78 is 1.09. The minimum atomic E-state index is 0.682. The summed E-state index contributed by atoms with van der Waals surface area (Å²) in [6.07, 6.45) is 7.30. The quantitative estimate of drug-likeness (QED) is 0.766. The van der Waals surface area contributed by atoms with E-state index in [-0.39, 0.29) is 0 Å². The van der Waals surface area contributed by atoms with E-state index < -0.39 is 0 Å². The highest BCUT2D eigenvalue weighted by Gasteiger charge is 2.53. The molecule has 1 nitrogen and oxygen atoms in total. The molecule has 1 aromatic carbocycles. The number of nitrogens with one attached hydrogen (secondary N) is 1. The maximum Gasteiger partial charge on any atom is 0.0487 e. The van der Waals surface area contributed by atoms with Gasteiger partial charge >= 0.3 is 0 Å². The molecule has 4 rings (SSSR count). The van der Waals surface area contributed by atoms with Gasteiger partial charge in [0.1, 0.15) is 0 Å². The Bertz CT molecular complexity index is 504. The van der Waals surface area contributed by atoms with Gasteiger partial charge in [-0.25, -0.2) is 0 Å². The van der Waals surface area contributed by atoms with Crippen molar-refractivity contribution >= 4 is 33.2 Å². The molecule has 0 aromatic heterocycles. The van der Waals surface area contributed by atoms with E-state index in [4.69, 9.17) is 11.6 Å². The first-order valence-corrected chi connectivity index (χ1v) is 8.61. The van der Waals surface area contributed by atoms with E-state index in [2.05, 4.69) is 27.3 Å². The Morgan fingerprint density at radius 2 is 1.95 bits per heavy atom. The van der Waals surface area contributed by atoms with E-state index in [0.717, 1.165) is 33.2 Å². The average molecular weight is 341 g/mol. The topological polar surface area (TPSA) is 12.0 Å². The Kier molecular flexibility index (Phi) is 3.07. The van der Waals surface area contributed by atoms with Gasteiger partial charge in [-0.2, -0.15) is 0 Å². The fourth-order valence-electron chi connectivity index (χ4n) is 5.04. The second kappa shape index (κ2) is 4.66. The molecule has 3 heteroatoms. The predicted octanol–water partition coefficient (Wildman–Crippen LogP) is 5.34. The van der Waals surface area contributed by atoms with Gasteiger partial charge in [-0.1, -0.05) is 18.0 Å². The second-order valence-electron chi connectivity index (χ2n) is 6.53. The molecule has 5 unspecified atom stereocenters. The normalized spacial score (nSPS) is 39.6. The first-order valence-electron chi connectivity index (χ1n) is 7.44. The van der Waals surface area contributed by atoms with Crippen molar-refractivity contribution in [2.45, 2.75) is 38.1 Å². The van der Waals surface area contributed by atoms with Crippen molar-refractivity contribution in [3.8, 4) is 0 Å². The molecule has 0 amide bonds. The summed E-state index contributed by atoms with van der Waals surface area (Å²) in [5.41, 5.74) is 1.21. The van der Waals surface area contributed by atoms with Gasteiger partial charge in [0, 0.05) is 21.2 Å². The van der Waals surface area contributed by atoms with Crippen LogP contribution in [0.15, 0.2) is 22.7 Å². The Labute approximate surface area is 128 Å². The summed E-state index contributed by atoms with van der Waals surface area (Å²) in [5, 5.41) is 4.57. The number of fused-ring (bicyclic) bond motifs is 5. The largest absolute Gasteiger partial charge is 0.381 e. The molecule has 5 atom stereocenters. The number of hydrogen-bond donors (Lipinski definition) is 1. The van der Waals surface area contributed by atoms with E-state index in [1.165, 1.54) is 37.8 Å². The molecule has 19 heavy (non-hydrogen) atoms. The number of rotatable bonds is 2.